The Labute approximate surface area is 79.9 Å². The molecule has 0 aliphatic rings. The van der Waals surface area contributed by atoms with Crippen LogP contribution < -0.4 is 0 Å². The summed E-state index contributed by atoms with van der Waals surface area (Å²) in [5.74, 6) is 0.0154. The lowest BCUT2D eigenvalue weighted by Crippen LogP contribution is -2.45. The molecule has 0 saturated heterocycles. The summed E-state index contributed by atoms with van der Waals surface area (Å²) >= 11 is 5.72. The molecule has 0 fully saturated rings. The third kappa shape index (κ3) is 3.02. The van der Waals surface area contributed by atoms with Gasteiger partial charge in [-0.25, -0.2) is 0 Å². The predicted molar refractivity (Wildman–Crippen MR) is 52.4 cm³/mol. The monoisotopic (exact) mass is 191 g/mol. The van der Waals surface area contributed by atoms with Crippen LogP contribution in [0.1, 0.15) is 34.6 Å². The fourth-order valence-corrected chi connectivity index (χ4v) is 1.42. The van der Waals surface area contributed by atoms with Crippen LogP contribution in [0, 0.1) is 0 Å². The second-order valence-electron chi connectivity index (χ2n) is 3.55. The van der Waals surface area contributed by atoms with Crippen LogP contribution in [0.4, 0.5) is 0 Å². The Morgan fingerprint density at radius 2 is 1.42 bits per heavy atom. The highest BCUT2D eigenvalue weighted by Gasteiger charge is 2.23. The molecule has 0 aromatic rings. The van der Waals surface area contributed by atoms with Crippen molar-refractivity contribution in [2.24, 2.45) is 0 Å². The minimum absolute atomic E-state index is 0.0154. The van der Waals surface area contributed by atoms with E-state index in [0.29, 0.717) is 0 Å². The summed E-state index contributed by atoms with van der Waals surface area (Å²) in [7, 11) is 0. The first-order valence-corrected chi connectivity index (χ1v) is 4.77. The van der Waals surface area contributed by atoms with E-state index in [1.807, 2.05) is 27.7 Å². The van der Waals surface area contributed by atoms with E-state index in [-0.39, 0.29) is 18.0 Å². The quantitative estimate of drug-likeness (QED) is 0.627. The number of halogens is 1. The molecule has 2 nitrogen and oxygen atoms in total. The van der Waals surface area contributed by atoms with E-state index < -0.39 is 5.38 Å². The van der Waals surface area contributed by atoms with Crippen molar-refractivity contribution < 1.29 is 4.79 Å². The second kappa shape index (κ2) is 4.70. The van der Waals surface area contributed by atoms with Crippen LogP contribution in [0.2, 0.25) is 0 Å². The van der Waals surface area contributed by atoms with Crippen LogP contribution in [0.3, 0.4) is 0 Å². The molecule has 12 heavy (non-hydrogen) atoms. The number of carbonyl (C=O) groups excluding carboxylic acids is 1. The van der Waals surface area contributed by atoms with Gasteiger partial charge in [0.1, 0.15) is 5.38 Å². The maximum Gasteiger partial charge on any atom is 0.240 e. The SMILES string of the molecule is CC(C)N(C(=O)[C@@H](C)Cl)C(C)C. The Kier molecular flexibility index (Phi) is 4.61. The second-order valence-corrected chi connectivity index (χ2v) is 4.20. The van der Waals surface area contributed by atoms with Crippen molar-refractivity contribution in [3.8, 4) is 0 Å². The Bertz CT molecular complexity index is 147. The van der Waals surface area contributed by atoms with Gasteiger partial charge in [-0.05, 0) is 34.6 Å². The van der Waals surface area contributed by atoms with E-state index in [9.17, 15) is 4.79 Å². The minimum atomic E-state index is -0.421. The first-order valence-electron chi connectivity index (χ1n) is 4.34. The summed E-state index contributed by atoms with van der Waals surface area (Å²) in [4.78, 5) is 13.3. The first kappa shape index (κ1) is 11.8. The highest BCUT2D eigenvalue weighted by atomic mass is 35.5. The Hall–Kier alpha value is -0.240. The average Bonchev–Trinajstić information content (AvgIpc) is 1.85. The molecule has 0 bridgehead atoms. The largest absolute Gasteiger partial charge is 0.337 e. The highest BCUT2D eigenvalue weighted by Crippen LogP contribution is 2.10. The van der Waals surface area contributed by atoms with E-state index in [2.05, 4.69) is 0 Å². The lowest BCUT2D eigenvalue weighted by Gasteiger charge is -2.31. The topological polar surface area (TPSA) is 20.3 Å². The van der Waals surface area contributed by atoms with E-state index in [1.54, 1.807) is 11.8 Å². The summed E-state index contributed by atoms with van der Waals surface area (Å²) in [6, 6.07) is 0.442. The molecule has 72 valence electrons. The molecule has 0 aliphatic heterocycles. The molecule has 0 heterocycles. The van der Waals surface area contributed by atoms with Gasteiger partial charge in [0.2, 0.25) is 5.91 Å². The number of alkyl halides is 1. The molecule has 0 aromatic carbocycles. The van der Waals surface area contributed by atoms with Gasteiger partial charge in [-0.15, -0.1) is 11.6 Å². The summed E-state index contributed by atoms with van der Waals surface area (Å²) in [6.45, 7) is 9.70. The van der Waals surface area contributed by atoms with Gasteiger partial charge < -0.3 is 4.90 Å². The fraction of sp³-hybridized carbons (Fsp3) is 0.889. The molecule has 0 aromatic heterocycles. The summed E-state index contributed by atoms with van der Waals surface area (Å²) < 4.78 is 0. The molecular weight excluding hydrogens is 174 g/mol. The van der Waals surface area contributed by atoms with Crippen LogP contribution in [-0.4, -0.2) is 28.3 Å². The van der Waals surface area contributed by atoms with E-state index in [0.717, 1.165) is 0 Å². The zero-order valence-electron chi connectivity index (χ0n) is 8.47. The Morgan fingerprint density at radius 3 is 1.50 bits per heavy atom. The maximum absolute atomic E-state index is 11.5. The lowest BCUT2D eigenvalue weighted by atomic mass is 10.2. The fourth-order valence-electron chi connectivity index (χ4n) is 1.31. The number of hydrogen-bond donors (Lipinski definition) is 0. The van der Waals surface area contributed by atoms with Crippen LogP contribution >= 0.6 is 11.6 Å². The van der Waals surface area contributed by atoms with Gasteiger partial charge in [-0.2, -0.15) is 0 Å². The van der Waals surface area contributed by atoms with Crippen LogP contribution in [0.15, 0.2) is 0 Å². The molecule has 0 saturated carbocycles. The van der Waals surface area contributed by atoms with Crippen molar-refractivity contribution in [1.29, 1.82) is 0 Å². The van der Waals surface area contributed by atoms with Crippen molar-refractivity contribution in [3.05, 3.63) is 0 Å². The number of hydrogen-bond acceptors (Lipinski definition) is 1. The zero-order chi connectivity index (χ0) is 9.89. The molecule has 0 aliphatic carbocycles. The van der Waals surface area contributed by atoms with Gasteiger partial charge in [-0.1, -0.05) is 0 Å². The van der Waals surface area contributed by atoms with Gasteiger partial charge in [0.25, 0.3) is 0 Å². The molecule has 1 atom stereocenters. The molecule has 3 heteroatoms. The predicted octanol–water partition coefficient (Wildman–Crippen LogP) is 2.26. The highest BCUT2D eigenvalue weighted by molar-refractivity contribution is 6.30. The maximum atomic E-state index is 11.5. The third-order valence-corrected chi connectivity index (χ3v) is 1.89. The zero-order valence-corrected chi connectivity index (χ0v) is 9.22. The smallest absolute Gasteiger partial charge is 0.240 e. The van der Waals surface area contributed by atoms with Gasteiger partial charge in [0.05, 0.1) is 0 Å². The number of rotatable bonds is 3. The van der Waals surface area contributed by atoms with E-state index in [4.69, 9.17) is 11.6 Å². The van der Waals surface area contributed by atoms with Gasteiger partial charge in [0, 0.05) is 12.1 Å². The normalized spacial score (nSPS) is 13.7. The first-order chi connectivity index (χ1) is 5.37. The van der Waals surface area contributed by atoms with Gasteiger partial charge >= 0.3 is 0 Å². The van der Waals surface area contributed by atoms with Crippen molar-refractivity contribution in [3.63, 3.8) is 0 Å². The molecule has 0 unspecified atom stereocenters. The lowest BCUT2D eigenvalue weighted by molar-refractivity contribution is -0.134. The summed E-state index contributed by atoms with van der Waals surface area (Å²) in [5, 5.41) is -0.421. The van der Waals surface area contributed by atoms with E-state index in [1.165, 1.54) is 0 Å². The Balaban J connectivity index is 4.41. The van der Waals surface area contributed by atoms with E-state index >= 15 is 0 Å². The van der Waals surface area contributed by atoms with Crippen LogP contribution in [0.25, 0.3) is 0 Å². The molecule has 1 amide bonds. The van der Waals surface area contributed by atoms with Crippen molar-refractivity contribution >= 4 is 17.5 Å². The summed E-state index contributed by atoms with van der Waals surface area (Å²) in [6.07, 6.45) is 0. The van der Waals surface area contributed by atoms with Crippen molar-refractivity contribution in [2.45, 2.75) is 52.1 Å². The molecule has 0 radical (unpaired) electrons. The molecular formula is C9H18ClNO. The number of amides is 1. The molecule has 0 spiro atoms. The summed E-state index contributed by atoms with van der Waals surface area (Å²) in [5.41, 5.74) is 0. The molecule has 0 rings (SSSR count). The average molecular weight is 192 g/mol. The number of carbonyl (C=O) groups is 1. The minimum Gasteiger partial charge on any atom is -0.337 e. The Morgan fingerprint density at radius 1 is 1.08 bits per heavy atom. The van der Waals surface area contributed by atoms with Crippen molar-refractivity contribution in [1.82, 2.24) is 4.90 Å². The number of nitrogens with zero attached hydrogens (tertiary/aromatic N) is 1. The molecule has 0 N–H and O–H groups in total. The van der Waals surface area contributed by atoms with Gasteiger partial charge in [-0.3, -0.25) is 4.79 Å². The van der Waals surface area contributed by atoms with Gasteiger partial charge in [0.15, 0.2) is 0 Å². The third-order valence-electron chi connectivity index (χ3n) is 1.71. The van der Waals surface area contributed by atoms with Crippen LogP contribution in [-0.2, 0) is 4.79 Å². The van der Waals surface area contributed by atoms with Crippen LogP contribution in [0.5, 0.6) is 0 Å². The standard InChI is InChI=1S/C9H18ClNO/c1-6(2)11(7(3)4)9(12)8(5)10/h6-8H,1-5H3/t8-/m1/s1. The van der Waals surface area contributed by atoms with Crippen molar-refractivity contribution in [2.75, 3.05) is 0 Å².